The fourth-order valence-electron chi connectivity index (χ4n) is 4.13. The number of carboxylic acid groups (broad SMARTS) is 1. The van der Waals surface area contributed by atoms with Crippen LogP contribution in [-0.2, 0) is 5.72 Å². The maximum absolute atomic E-state index is 13.5. The van der Waals surface area contributed by atoms with E-state index in [1.807, 2.05) is 0 Å². The lowest BCUT2D eigenvalue weighted by Gasteiger charge is -2.35. The average Bonchev–Trinajstić information content (AvgIpc) is 3.29. The minimum absolute atomic E-state index is 0.0566. The molecule has 1 aromatic heterocycles. The zero-order chi connectivity index (χ0) is 22.5. The summed E-state index contributed by atoms with van der Waals surface area (Å²) < 4.78 is 5.46. The number of carbonyl (C=O) groups is 2. The van der Waals surface area contributed by atoms with Gasteiger partial charge < -0.3 is 19.9 Å². The summed E-state index contributed by atoms with van der Waals surface area (Å²) in [7, 11) is 1.50. The Balaban J connectivity index is 1.73. The number of fused-ring (bicyclic) bond motifs is 2. The van der Waals surface area contributed by atoms with Gasteiger partial charge in [0.15, 0.2) is 5.72 Å². The second kappa shape index (κ2) is 7.10. The fourth-order valence-corrected chi connectivity index (χ4v) is 4.13. The molecule has 0 saturated carbocycles. The smallest absolute Gasteiger partial charge is 0.411 e. The number of hydrogen-bond acceptors (Lipinski definition) is 5. The van der Waals surface area contributed by atoms with Crippen LogP contribution in [0.2, 0.25) is 0 Å². The number of hydrogen-bond donors (Lipinski definition) is 4. The highest BCUT2D eigenvalue weighted by atomic mass is 16.5. The third kappa shape index (κ3) is 2.79. The molecular weight excluding hydrogens is 412 g/mol. The number of rotatable bonds is 4. The highest BCUT2D eigenvalue weighted by Gasteiger charge is 2.51. The van der Waals surface area contributed by atoms with Crippen LogP contribution in [0.15, 0.2) is 66.7 Å². The van der Waals surface area contributed by atoms with E-state index in [1.54, 1.807) is 66.7 Å². The number of H-pyrrole nitrogens is 1. The average molecular weight is 430 g/mol. The van der Waals surface area contributed by atoms with E-state index >= 15 is 0 Å². The molecule has 4 N–H and O–H groups in total. The molecule has 5 rings (SSSR count). The molecule has 0 radical (unpaired) electrons. The molecule has 4 aromatic rings. The van der Waals surface area contributed by atoms with Crippen molar-refractivity contribution in [3.05, 3.63) is 83.4 Å². The summed E-state index contributed by atoms with van der Waals surface area (Å²) in [6.45, 7) is 0. The minimum Gasteiger partial charge on any atom is -0.495 e. The maximum atomic E-state index is 13.5. The lowest BCUT2D eigenvalue weighted by Crippen LogP contribution is -2.45. The number of para-hydroxylation sites is 2. The van der Waals surface area contributed by atoms with Crippen LogP contribution >= 0.6 is 0 Å². The predicted molar refractivity (Wildman–Crippen MR) is 117 cm³/mol. The normalized spacial score (nSPS) is 17.4. The SMILES string of the molecule is COc1ccccc1N1C(=O)c2ccccc2C1(O)c1ccc2[nH]c(NC(=O)O)nc2c1. The first kappa shape index (κ1) is 19.6. The van der Waals surface area contributed by atoms with Gasteiger partial charge in [0.25, 0.3) is 5.91 Å². The molecule has 9 nitrogen and oxygen atoms in total. The molecule has 0 bridgehead atoms. The van der Waals surface area contributed by atoms with Crippen molar-refractivity contribution in [2.75, 3.05) is 17.3 Å². The van der Waals surface area contributed by atoms with E-state index in [2.05, 4.69) is 15.3 Å². The third-order valence-corrected chi connectivity index (χ3v) is 5.50. The second-order valence-electron chi connectivity index (χ2n) is 7.28. The molecule has 1 unspecified atom stereocenters. The lowest BCUT2D eigenvalue weighted by atomic mass is 9.93. The summed E-state index contributed by atoms with van der Waals surface area (Å²) in [6, 6.07) is 18.8. The van der Waals surface area contributed by atoms with E-state index < -0.39 is 11.8 Å². The maximum Gasteiger partial charge on any atom is 0.411 e. The molecule has 1 atom stereocenters. The Morgan fingerprint density at radius 2 is 1.88 bits per heavy atom. The van der Waals surface area contributed by atoms with Crippen LogP contribution in [0.25, 0.3) is 11.0 Å². The number of imidazole rings is 1. The molecule has 2 amide bonds. The van der Waals surface area contributed by atoms with Crippen LogP contribution in [-0.4, -0.2) is 39.3 Å². The number of nitrogens with zero attached hydrogens (tertiary/aromatic N) is 2. The number of aromatic amines is 1. The van der Waals surface area contributed by atoms with Gasteiger partial charge >= 0.3 is 6.09 Å². The first-order valence-corrected chi connectivity index (χ1v) is 9.73. The van der Waals surface area contributed by atoms with Gasteiger partial charge in [-0.1, -0.05) is 36.4 Å². The monoisotopic (exact) mass is 430 g/mol. The molecular formula is C23H18N4O5. The number of aliphatic hydroxyl groups is 1. The first-order chi connectivity index (χ1) is 15.4. The van der Waals surface area contributed by atoms with Crippen LogP contribution < -0.4 is 15.0 Å². The van der Waals surface area contributed by atoms with Gasteiger partial charge in [-0.15, -0.1) is 0 Å². The van der Waals surface area contributed by atoms with Crippen LogP contribution in [0, 0.1) is 0 Å². The largest absolute Gasteiger partial charge is 0.495 e. The molecule has 0 fully saturated rings. The topological polar surface area (TPSA) is 128 Å². The van der Waals surface area contributed by atoms with Gasteiger partial charge in [-0.2, -0.15) is 0 Å². The minimum atomic E-state index is -1.84. The van der Waals surface area contributed by atoms with Gasteiger partial charge in [0, 0.05) is 16.7 Å². The summed E-state index contributed by atoms with van der Waals surface area (Å²) in [4.78, 5) is 32.8. The summed E-state index contributed by atoms with van der Waals surface area (Å²) in [5.74, 6) is 0.116. The predicted octanol–water partition coefficient (Wildman–Crippen LogP) is 3.52. The van der Waals surface area contributed by atoms with Gasteiger partial charge in [0.1, 0.15) is 5.75 Å². The van der Waals surface area contributed by atoms with Gasteiger partial charge in [-0.3, -0.25) is 15.0 Å². The number of aromatic nitrogens is 2. The van der Waals surface area contributed by atoms with Crippen LogP contribution in [0.5, 0.6) is 5.75 Å². The molecule has 0 saturated heterocycles. The van der Waals surface area contributed by atoms with Crippen LogP contribution in [0.3, 0.4) is 0 Å². The highest BCUT2D eigenvalue weighted by molar-refractivity contribution is 6.13. The van der Waals surface area contributed by atoms with E-state index in [1.165, 1.54) is 12.0 Å². The zero-order valence-electron chi connectivity index (χ0n) is 16.9. The molecule has 1 aliphatic heterocycles. The van der Waals surface area contributed by atoms with Crippen molar-refractivity contribution in [3.8, 4) is 5.75 Å². The molecule has 160 valence electrons. The number of methoxy groups -OCH3 is 1. The molecule has 2 heterocycles. The number of benzene rings is 3. The molecule has 9 heteroatoms. The van der Waals surface area contributed by atoms with Crippen molar-refractivity contribution in [1.82, 2.24) is 9.97 Å². The third-order valence-electron chi connectivity index (χ3n) is 5.50. The molecule has 0 spiro atoms. The standard InChI is InChI=1S/C23H18N4O5/c1-32-19-9-5-4-8-18(19)27-20(28)14-6-2-3-7-15(14)23(27,31)13-10-11-16-17(12-13)25-21(24-16)26-22(29)30/h2-12,31H,1H3,(H,29,30)(H2,24,25,26). The Labute approximate surface area is 181 Å². The Hall–Kier alpha value is -4.37. The molecule has 32 heavy (non-hydrogen) atoms. The highest BCUT2D eigenvalue weighted by Crippen LogP contribution is 2.47. The summed E-state index contributed by atoms with van der Waals surface area (Å²) in [5, 5.41) is 23.2. The number of amides is 2. The van der Waals surface area contributed by atoms with Gasteiger partial charge in [0.05, 0.1) is 23.8 Å². The van der Waals surface area contributed by atoms with Crippen LogP contribution in [0.4, 0.5) is 16.4 Å². The van der Waals surface area contributed by atoms with Crippen molar-refractivity contribution in [3.63, 3.8) is 0 Å². The lowest BCUT2D eigenvalue weighted by molar-refractivity contribution is 0.0700. The van der Waals surface area contributed by atoms with Crippen molar-refractivity contribution in [1.29, 1.82) is 0 Å². The summed E-state index contributed by atoms with van der Waals surface area (Å²) in [5.41, 5.74) is 0.761. The Morgan fingerprint density at radius 1 is 1.12 bits per heavy atom. The second-order valence-corrected chi connectivity index (χ2v) is 7.28. The van der Waals surface area contributed by atoms with E-state index in [4.69, 9.17) is 9.84 Å². The van der Waals surface area contributed by atoms with Crippen molar-refractivity contribution >= 4 is 34.7 Å². The summed E-state index contributed by atoms with van der Waals surface area (Å²) >= 11 is 0. The Morgan fingerprint density at radius 3 is 2.66 bits per heavy atom. The number of carbonyl (C=O) groups excluding carboxylic acids is 1. The van der Waals surface area contributed by atoms with Crippen molar-refractivity contribution in [2.45, 2.75) is 5.72 Å². The fraction of sp³-hybridized carbons (Fsp3) is 0.0870. The zero-order valence-corrected chi connectivity index (χ0v) is 16.9. The van der Waals surface area contributed by atoms with Gasteiger partial charge in [0.2, 0.25) is 5.95 Å². The number of anilines is 2. The van der Waals surface area contributed by atoms with Crippen molar-refractivity contribution < 1.29 is 24.5 Å². The van der Waals surface area contributed by atoms with E-state index in [0.717, 1.165) is 0 Å². The van der Waals surface area contributed by atoms with E-state index in [9.17, 15) is 14.7 Å². The van der Waals surface area contributed by atoms with E-state index in [0.29, 0.717) is 39.2 Å². The van der Waals surface area contributed by atoms with Gasteiger partial charge in [-0.05, 0) is 30.3 Å². The molecule has 0 aliphatic carbocycles. The molecule has 1 aliphatic rings. The van der Waals surface area contributed by atoms with Crippen LogP contribution in [0.1, 0.15) is 21.5 Å². The Bertz CT molecular complexity index is 1380. The number of ether oxygens (including phenoxy) is 1. The van der Waals surface area contributed by atoms with E-state index in [-0.39, 0.29) is 11.9 Å². The molecule has 3 aromatic carbocycles. The summed E-state index contributed by atoms with van der Waals surface area (Å²) in [6.07, 6.45) is -1.25. The quantitative estimate of drug-likeness (QED) is 0.392. The Kier molecular flexibility index (Phi) is 4.35. The number of nitrogens with one attached hydrogen (secondary N) is 2. The van der Waals surface area contributed by atoms with Gasteiger partial charge in [-0.25, -0.2) is 9.78 Å². The first-order valence-electron chi connectivity index (χ1n) is 9.73. The van der Waals surface area contributed by atoms with Crippen molar-refractivity contribution in [2.24, 2.45) is 0 Å².